The average Bonchev–Trinajstić information content (AvgIpc) is 2.92. The Kier molecular flexibility index (Phi) is 3.88. The van der Waals surface area contributed by atoms with Gasteiger partial charge in [0.2, 0.25) is 11.7 Å². The van der Waals surface area contributed by atoms with E-state index < -0.39 is 5.54 Å². The van der Waals surface area contributed by atoms with Gasteiger partial charge in [0.1, 0.15) is 0 Å². The van der Waals surface area contributed by atoms with Gasteiger partial charge in [-0.2, -0.15) is 4.98 Å². The Hall–Kier alpha value is -1.20. The fourth-order valence-corrected chi connectivity index (χ4v) is 3.38. The van der Waals surface area contributed by atoms with Crippen molar-refractivity contribution < 1.29 is 4.52 Å². The molecular formula is C16H20BrN3O. The Morgan fingerprint density at radius 3 is 2.71 bits per heavy atom. The van der Waals surface area contributed by atoms with Crippen LogP contribution in [0.4, 0.5) is 0 Å². The maximum Gasteiger partial charge on any atom is 0.247 e. The minimum atomic E-state index is -0.457. The molecule has 0 radical (unpaired) electrons. The summed E-state index contributed by atoms with van der Waals surface area (Å²) in [6.07, 6.45) is 4.06. The second-order valence-corrected chi connectivity index (χ2v) is 7.14. The van der Waals surface area contributed by atoms with Crippen LogP contribution in [0.3, 0.4) is 0 Å². The molecule has 5 heteroatoms. The van der Waals surface area contributed by atoms with E-state index in [9.17, 15) is 0 Å². The molecule has 1 aliphatic carbocycles. The van der Waals surface area contributed by atoms with E-state index in [0.29, 0.717) is 11.7 Å². The molecule has 2 aromatic rings. The molecule has 1 saturated carbocycles. The van der Waals surface area contributed by atoms with Gasteiger partial charge in [-0.1, -0.05) is 28.0 Å². The fourth-order valence-electron chi connectivity index (χ4n) is 2.90. The first-order chi connectivity index (χ1) is 9.98. The molecule has 4 nitrogen and oxygen atoms in total. The van der Waals surface area contributed by atoms with E-state index in [0.717, 1.165) is 47.2 Å². The number of benzene rings is 1. The van der Waals surface area contributed by atoms with E-state index in [1.165, 1.54) is 0 Å². The molecule has 0 amide bonds. The summed E-state index contributed by atoms with van der Waals surface area (Å²) in [5.41, 5.74) is 8.13. The second-order valence-electron chi connectivity index (χ2n) is 6.22. The Labute approximate surface area is 133 Å². The summed E-state index contributed by atoms with van der Waals surface area (Å²) in [6, 6.07) is 6.03. The molecule has 0 saturated heterocycles. The first-order valence-corrected chi connectivity index (χ1v) is 8.17. The number of nitrogens with two attached hydrogens (primary N) is 1. The lowest BCUT2D eigenvalue weighted by atomic mass is 9.78. The maximum atomic E-state index is 6.49. The van der Waals surface area contributed by atoms with Crippen LogP contribution < -0.4 is 5.73 Å². The predicted octanol–water partition coefficient (Wildman–Crippen LogP) is 4.17. The van der Waals surface area contributed by atoms with E-state index in [1.807, 2.05) is 25.1 Å². The van der Waals surface area contributed by atoms with Gasteiger partial charge >= 0.3 is 0 Å². The normalized spacial score (nSPS) is 26.0. The van der Waals surface area contributed by atoms with Crippen molar-refractivity contribution in [3.8, 4) is 11.4 Å². The van der Waals surface area contributed by atoms with Crippen molar-refractivity contribution in [3.63, 3.8) is 0 Å². The van der Waals surface area contributed by atoms with E-state index in [1.54, 1.807) is 0 Å². The summed E-state index contributed by atoms with van der Waals surface area (Å²) in [7, 11) is 0. The lowest BCUT2D eigenvalue weighted by molar-refractivity contribution is 0.190. The number of nitrogens with zero attached hydrogens (tertiary/aromatic N) is 2. The largest absolute Gasteiger partial charge is 0.337 e. The van der Waals surface area contributed by atoms with E-state index in [-0.39, 0.29) is 0 Å². The average molecular weight is 350 g/mol. The molecule has 21 heavy (non-hydrogen) atoms. The van der Waals surface area contributed by atoms with E-state index >= 15 is 0 Å². The van der Waals surface area contributed by atoms with Gasteiger partial charge in [0.15, 0.2) is 0 Å². The van der Waals surface area contributed by atoms with Gasteiger partial charge in [-0.25, -0.2) is 0 Å². The van der Waals surface area contributed by atoms with Crippen LogP contribution in [0.25, 0.3) is 11.4 Å². The molecule has 112 valence electrons. The third kappa shape index (κ3) is 2.90. The molecule has 0 spiro atoms. The van der Waals surface area contributed by atoms with Gasteiger partial charge in [-0.15, -0.1) is 0 Å². The Bertz CT molecular complexity index is 645. The van der Waals surface area contributed by atoms with Crippen molar-refractivity contribution in [2.75, 3.05) is 0 Å². The molecular weight excluding hydrogens is 330 g/mol. The van der Waals surface area contributed by atoms with Gasteiger partial charge in [-0.3, -0.25) is 0 Å². The summed E-state index contributed by atoms with van der Waals surface area (Å²) in [6.45, 7) is 4.31. The quantitative estimate of drug-likeness (QED) is 0.883. The standard InChI is InChI=1S/C16H20BrN3O/c1-10-5-7-16(18,8-6-10)15-19-14(20-21-15)13-4-3-12(17)9-11(13)2/h3-4,9-10H,5-8,18H2,1-2H3. The van der Waals surface area contributed by atoms with Crippen LogP contribution in [-0.2, 0) is 5.54 Å². The zero-order chi connectivity index (χ0) is 15.0. The number of hydrogen-bond donors (Lipinski definition) is 1. The van der Waals surface area contributed by atoms with Crippen molar-refractivity contribution in [2.45, 2.75) is 45.1 Å². The topological polar surface area (TPSA) is 64.9 Å². The minimum Gasteiger partial charge on any atom is -0.337 e. The number of halogens is 1. The zero-order valence-corrected chi connectivity index (χ0v) is 14.0. The highest BCUT2D eigenvalue weighted by molar-refractivity contribution is 9.10. The van der Waals surface area contributed by atoms with Gasteiger partial charge in [0.05, 0.1) is 5.54 Å². The number of rotatable bonds is 2. The summed E-state index contributed by atoms with van der Waals surface area (Å²) in [5, 5.41) is 4.13. The fraction of sp³-hybridized carbons (Fsp3) is 0.500. The Morgan fingerprint density at radius 2 is 2.05 bits per heavy atom. The highest BCUT2D eigenvalue weighted by Crippen LogP contribution is 2.37. The summed E-state index contributed by atoms with van der Waals surface area (Å²) in [5.74, 6) is 1.93. The molecule has 0 atom stereocenters. The molecule has 2 N–H and O–H groups in total. The molecule has 0 bridgehead atoms. The summed E-state index contributed by atoms with van der Waals surface area (Å²) >= 11 is 3.47. The van der Waals surface area contributed by atoms with Crippen LogP contribution in [0.15, 0.2) is 27.2 Å². The van der Waals surface area contributed by atoms with Gasteiger partial charge in [-0.05, 0) is 62.3 Å². The van der Waals surface area contributed by atoms with Crippen LogP contribution in [0.2, 0.25) is 0 Å². The molecule has 1 aliphatic rings. The smallest absolute Gasteiger partial charge is 0.247 e. The molecule has 1 aromatic carbocycles. The zero-order valence-electron chi connectivity index (χ0n) is 12.4. The van der Waals surface area contributed by atoms with Crippen LogP contribution in [0, 0.1) is 12.8 Å². The van der Waals surface area contributed by atoms with Gasteiger partial charge in [0.25, 0.3) is 0 Å². The van der Waals surface area contributed by atoms with Gasteiger partial charge in [0, 0.05) is 10.0 Å². The monoisotopic (exact) mass is 349 g/mol. The number of aryl methyl sites for hydroxylation is 1. The number of hydrogen-bond acceptors (Lipinski definition) is 4. The van der Waals surface area contributed by atoms with Crippen molar-refractivity contribution in [1.82, 2.24) is 10.1 Å². The lowest BCUT2D eigenvalue weighted by Crippen LogP contribution is -2.40. The Balaban J connectivity index is 1.89. The van der Waals surface area contributed by atoms with E-state index in [4.69, 9.17) is 10.3 Å². The van der Waals surface area contributed by atoms with Crippen LogP contribution >= 0.6 is 15.9 Å². The molecule has 3 rings (SSSR count). The first-order valence-electron chi connectivity index (χ1n) is 7.37. The van der Waals surface area contributed by atoms with Crippen molar-refractivity contribution in [3.05, 3.63) is 34.1 Å². The van der Waals surface area contributed by atoms with Crippen molar-refractivity contribution in [2.24, 2.45) is 11.7 Å². The SMILES string of the molecule is Cc1cc(Br)ccc1-c1noc(C2(N)CCC(C)CC2)n1. The molecule has 1 heterocycles. The molecule has 0 aliphatic heterocycles. The molecule has 1 fully saturated rings. The highest BCUT2D eigenvalue weighted by atomic mass is 79.9. The highest BCUT2D eigenvalue weighted by Gasteiger charge is 2.37. The second kappa shape index (κ2) is 5.54. The minimum absolute atomic E-state index is 0.457. The Morgan fingerprint density at radius 1 is 1.33 bits per heavy atom. The third-order valence-corrected chi connectivity index (χ3v) is 4.94. The van der Waals surface area contributed by atoms with Crippen LogP contribution in [0.5, 0.6) is 0 Å². The molecule has 0 unspecified atom stereocenters. The van der Waals surface area contributed by atoms with Crippen LogP contribution in [-0.4, -0.2) is 10.1 Å². The molecule has 1 aromatic heterocycles. The summed E-state index contributed by atoms with van der Waals surface area (Å²) < 4.78 is 6.53. The summed E-state index contributed by atoms with van der Waals surface area (Å²) in [4.78, 5) is 4.57. The van der Waals surface area contributed by atoms with Crippen LogP contribution in [0.1, 0.15) is 44.1 Å². The number of aromatic nitrogens is 2. The predicted molar refractivity (Wildman–Crippen MR) is 85.7 cm³/mol. The van der Waals surface area contributed by atoms with Crippen molar-refractivity contribution in [1.29, 1.82) is 0 Å². The van der Waals surface area contributed by atoms with Crippen molar-refractivity contribution >= 4 is 15.9 Å². The van der Waals surface area contributed by atoms with E-state index in [2.05, 4.69) is 33.0 Å². The first kappa shape index (κ1) is 14.7. The third-order valence-electron chi connectivity index (χ3n) is 4.45. The van der Waals surface area contributed by atoms with Gasteiger partial charge < -0.3 is 10.3 Å². The maximum absolute atomic E-state index is 6.49. The lowest BCUT2D eigenvalue weighted by Gasteiger charge is -2.32.